The first-order chi connectivity index (χ1) is 17.1. The van der Waals surface area contributed by atoms with Gasteiger partial charge >= 0.3 is 0 Å². The molecule has 2 N–H and O–H groups in total. The van der Waals surface area contributed by atoms with Crippen molar-refractivity contribution in [3.63, 3.8) is 0 Å². The summed E-state index contributed by atoms with van der Waals surface area (Å²) < 4.78 is 23.9. The lowest BCUT2D eigenvalue weighted by Crippen LogP contribution is -2.20. The second-order valence-electron chi connectivity index (χ2n) is 7.94. The van der Waals surface area contributed by atoms with Crippen molar-refractivity contribution in [3.05, 3.63) is 77.9 Å². The molecule has 0 saturated carbocycles. The molecule has 0 bridgehead atoms. The van der Waals surface area contributed by atoms with Crippen molar-refractivity contribution in [1.82, 2.24) is 19.5 Å². The predicted octanol–water partition coefficient (Wildman–Crippen LogP) is 4.11. The monoisotopic (exact) mass is 491 g/mol. The molecule has 9 nitrogen and oxygen atoms in total. The molecule has 1 aliphatic rings. The summed E-state index contributed by atoms with van der Waals surface area (Å²) in [6, 6.07) is 15.8. The number of ether oxygens (including phenoxy) is 4. The molecular formula is C25H25N5O4S. The molecule has 0 radical (unpaired) electrons. The largest absolute Gasteiger partial charge is 0.497 e. The van der Waals surface area contributed by atoms with Crippen molar-refractivity contribution in [2.24, 2.45) is 5.92 Å². The molecule has 1 aliphatic heterocycles. The van der Waals surface area contributed by atoms with Crippen LogP contribution in [0.2, 0.25) is 0 Å². The van der Waals surface area contributed by atoms with Crippen LogP contribution >= 0.6 is 11.8 Å². The summed E-state index contributed by atoms with van der Waals surface area (Å²) in [5, 5.41) is 8.94. The van der Waals surface area contributed by atoms with Crippen LogP contribution in [0.1, 0.15) is 5.56 Å². The van der Waals surface area contributed by atoms with Gasteiger partial charge in [0.1, 0.15) is 29.0 Å². The number of nitrogens with zero attached hydrogens (tertiary/aromatic N) is 3. The smallest absolute Gasteiger partial charge is 0.229 e. The zero-order chi connectivity index (χ0) is 24.2. The van der Waals surface area contributed by atoms with E-state index in [2.05, 4.69) is 22.1 Å². The van der Waals surface area contributed by atoms with Crippen molar-refractivity contribution < 1.29 is 18.9 Å². The summed E-state index contributed by atoms with van der Waals surface area (Å²) in [6.07, 6.45) is 4.10. The fraction of sp³-hybridized carbons (Fsp3) is 0.240. The molecule has 1 unspecified atom stereocenters. The number of hydrogen-bond acceptors (Lipinski definition) is 8. The minimum Gasteiger partial charge on any atom is -0.497 e. The van der Waals surface area contributed by atoms with Crippen molar-refractivity contribution in [1.29, 1.82) is 5.41 Å². The summed E-state index contributed by atoms with van der Waals surface area (Å²) >= 11 is 1.41. The van der Waals surface area contributed by atoms with E-state index in [1.807, 2.05) is 41.0 Å². The Morgan fingerprint density at radius 3 is 2.77 bits per heavy atom. The SMILES string of the molecule is COc1ccc(OC)c(Sc2nc3c([nH]2)c(=N)ncn3CC(Cc2ccccc2)C2=COCO2)c1. The first-order valence-electron chi connectivity index (χ1n) is 11.0. The predicted molar refractivity (Wildman–Crippen MR) is 130 cm³/mol. The highest BCUT2D eigenvalue weighted by atomic mass is 32.2. The van der Waals surface area contributed by atoms with Crippen molar-refractivity contribution in [2.75, 3.05) is 21.0 Å². The third-order valence-corrected chi connectivity index (χ3v) is 6.64. The molecule has 0 aliphatic carbocycles. The molecule has 35 heavy (non-hydrogen) atoms. The van der Waals surface area contributed by atoms with Crippen LogP contribution in [0.4, 0.5) is 0 Å². The van der Waals surface area contributed by atoms with Crippen LogP contribution < -0.4 is 15.0 Å². The number of aromatic amines is 1. The lowest BCUT2D eigenvalue weighted by molar-refractivity contribution is 0.0690. The third kappa shape index (κ3) is 4.97. The van der Waals surface area contributed by atoms with Crippen LogP contribution in [0.25, 0.3) is 11.2 Å². The van der Waals surface area contributed by atoms with Gasteiger partial charge in [-0.1, -0.05) is 30.3 Å². The van der Waals surface area contributed by atoms with E-state index < -0.39 is 0 Å². The van der Waals surface area contributed by atoms with Crippen LogP contribution in [-0.4, -0.2) is 40.5 Å². The Balaban J connectivity index is 1.48. The Morgan fingerprint density at radius 2 is 2.03 bits per heavy atom. The van der Waals surface area contributed by atoms with Crippen molar-refractivity contribution >= 4 is 22.9 Å². The van der Waals surface area contributed by atoms with Gasteiger partial charge in [0.05, 0.1) is 25.4 Å². The number of benzene rings is 2. The molecule has 2 aromatic carbocycles. The molecule has 4 aromatic rings. The van der Waals surface area contributed by atoms with Crippen LogP contribution in [0, 0.1) is 11.3 Å². The minimum absolute atomic E-state index is 0.0118. The van der Waals surface area contributed by atoms with E-state index in [1.54, 1.807) is 26.8 Å². The van der Waals surface area contributed by atoms with Gasteiger partial charge in [-0.05, 0) is 41.9 Å². The summed E-state index contributed by atoms with van der Waals surface area (Å²) in [5.74, 6) is 2.23. The van der Waals surface area contributed by atoms with Gasteiger partial charge in [0.2, 0.25) is 6.79 Å². The normalized spacial score (nSPS) is 13.7. The number of fused-ring (bicyclic) bond motifs is 1. The van der Waals surface area contributed by atoms with Gasteiger partial charge in [-0.3, -0.25) is 5.41 Å². The van der Waals surface area contributed by atoms with E-state index in [0.29, 0.717) is 28.6 Å². The number of rotatable bonds is 9. The third-order valence-electron chi connectivity index (χ3n) is 5.71. The molecule has 2 aromatic heterocycles. The van der Waals surface area contributed by atoms with Crippen LogP contribution in [0.15, 0.2) is 76.9 Å². The molecular weight excluding hydrogens is 466 g/mol. The quantitative estimate of drug-likeness (QED) is 0.363. The average molecular weight is 492 g/mol. The minimum atomic E-state index is 0.0118. The summed E-state index contributed by atoms with van der Waals surface area (Å²) in [7, 11) is 3.25. The highest BCUT2D eigenvalue weighted by molar-refractivity contribution is 7.99. The maximum atomic E-state index is 8.32. The Morgan fingerprint density at radius 1 is 1.17 bits per heavy atom. The Labute approximate surface area is 206 Å². The zero-order valence-corrected chi connectivity index (χ0v) is 20.2. The van der Waals surface area contributed by atoms with Gasteiger partial charge in [0, 0.05) is 12.5 Å². The highest BCUT2D eigenvalue weighted by Gasteiger charge is 2.23. The standard InChI is InChI=1S/C25H25N5O4S/c1-31-18-8-9-19(32-2)21(11-18)35-25-28-22-23(26)27-14-30(24(22)29-25)12-17(20-13-33-15-34-20)10-16-6-4-3-5-7-16/h3-9,11,13-14,17,26H,10,12,15H2,1-2H3,(H,28,29). The number of methoxy groups -OCH3 is 2. The lowest BCUT2D eigenvalue weighted by Gasteiger charge is -2.19. The summed E-state index contributed by atoms with van der Waals surface area (Å²) in [6.45, 7) is 0.779. The number of imidazole rings is 1. The van der Waals surface area contributed by atoms with Gasteiger partial charge in [0.25, 0.3) is 0 Å². The number of aromatic nitrogens is 4. The van der Waals surface area contributed by atoms with Gasteiger partial charge in [0.15, 0.2) is 16.3 Å². The number of nitrogens with one attached hydrogen (secondary N) is 2. The first-order valence-corrected chi connectivity index (χ1v) is 11.8. The molecule has 0 spiro atoms. The molecule has 10 heteroatoms. The summed E-state index contributed by atoms with van der Waals surface area (Å²) in [5.41, 5.74) is 2.53. The van der Waals surface area contributed by atoms with Gasteiger partial charge in [-0.15, -0.1) is 0 Å². The van der Waals surface area contributed by atoms with E-state index in [-0.39, 0.29) is 18.2 Å². The molecule has 0 amide bonds. The van der Waals surface area contributed by atoms with Gasteiger partial charge < -0.3 is 28.5 Å². The van der Waals surface area contributed by atoms with Crippen LogP contribution in [0.5, 0.6) is 11.5 Å². The number of allylic oxidation sites excluding steroid dienone is 1. The topological polar surface area (TPSA) is 107 Å². The number of hydrogen-bond donors (Lipinski definition) is 2. The molecule has 180 valence electrons. The summed E-state index contributed by atoms with van der Waals surface area (Å²) in [4.78, 5) is 13.2. The van der Waals surface area contributed by atoms with Gasteiger partial charge in [-0.25, -0.2) is 9.97 Å². The molecule has 0 fully saturated rings. The van der Waals surface area contributed by atoms with Crippen molar-refractivity contribution in [2.45, 2.75) is 23.0 Å². The van der Waals surface area contributed by atoms with E-state index >= 15 is 0 Å². The molecule has 3 heterocycles. The van der Waals surface area contributed by atoms with E-state index in [1.165, 1.54) is 17.3 Å². The van der Waals surface area contributed by atoms with E-state index in [9.17, 15) is 0 Å². The fourth-order valence-electron chi connectivity index (χ4n) is 3.97. The Hall–Kier alpha value is -3.92. The number of H-pyrrole nitrogens is 1. The second-order valence-corrected chi connectivity index (χ2v) is 8.97. The second kappa shape index (κ2) is 10.1. The lowest BCUT2D eigenvalue weighted by atomic mass is 9.97. The first kappa shape index (κ1) is 22.9. The van der Waals surface area contributed by atoms with Crippen LogP contribution in [-0.2, 0) is 22.4 Å². The Bertz CT molecular complexity index is 1420. The maximum Gasteiger partial charge on any atom is 0.229 e. The molecule has 0 saturated heterocycles. The fourth-order valence-corrected chi connectivity index (χ4v) is 4.89. The molecule has 1 atom stereocenters. The average Bonchev–Trinajstić information content (AvgIpc) is 3.57. The van der Waals surface area contributed by atoms with E-state index in [0.717, 1.165) is 22.8 Å². The maximum absolute atomic E-state index is 8.32. The van der Waals surface area contributed by atoms with Gasteiger partial charge in [-0.2, -0.15) is 0 Å². The Kier molecular flexibility index (Phi) is 6.62. The molecule has 5 rings (SSSR count). The zero-order valence-electron chi connectivity index (χ0n) is 19.4. The van der Waals surface area contributed by atoms with Crippen LogP contribution in [0.3, 0.4) is 0 Å². The highest BCUT2D eigenvalue weighted by Crippen LogP contribution is 2.36. The van der Waals surface area contributed by atoms with E-state index in [4.69, 9.17) is 29.3 Å². The van der Waals surface area contributed by atoms with Crippen molar-refractivity contribution in [3.8, 4) is 11.5 Å².